The number of hydrogen-bond acceptors (Lipinski definition) is 5. The molecule has 0 atom stereocenters. The molecule has 0 aromatic heterocycles. The number of para-hydroxylation sites is 2. The number of benzene rings is 2. The Bertz CT molecular complexity index is 968. The normalized spacial score (nSPS) is 15.3. The van der Waals surface area contributed by atoms with Gasteiger partial charge in [0.25, 0.3) is 11.6 Å². The van der Waals surface area contributed by atoms with Crippen LogP contribution in [0.3, 0.4) is 0 Å². The number of nitro benzene ring substituents is 1. The van der Waals surface area contributed by atoms with Crippen LogP contribution in [0.15, 0.2) is 53.4 Å². The molecular formula is C18H19N3O5S. The van der Waals surface area contributed by atoms with E-state index in [1.807, 2.05) is 0 Å². The second-order valence-electron chi connectivity index (χ2n) is 6.19. The maximum Gasteiger partial charge on any atom is 0.282 e. The van der Waals surface area contributed by atoms with Crippen molar-refractivity contribution in [1.82, 2.24) is 4.31 Å². The monoisotopic (exact) mass is 389 g/mol. The van der Waals surface area contributed by atoms with Gasteiger partial charge < -0.3 is 5.32 Å². The number of rotatable bonds is 5. The molecule has 27 heavy (non-hydrogen) atoms. The van der Waals surface area contributed by atoms with E-state index in [1.54, 1.807) is 12.1 Å². The Labute approximate surface area is 157 Å². The topological polar surface area (TPSA) is 110 Å². The lowest BCUT2D eigenvalue weighted by atomic mass is 10.1. The first kappa shape index (κ1) is 19.0. The fourth-order valence-electron chi connectivity index (χ4n) is 3.05. The van der Waals surface area contributed by atoms with Gasteiger partial charge in [0.2, 0.25) is 10.0 Å². The highest BCUT2D eigenvalue weighted by atomic mass is 32.2. The predicted molar refractivity (Wildman–Crippen MR) is 100 cm³/mol. The maximum absolute atomic E-state index is 13.0. The number of amides is 1. The van der Waals surface area contributed by atoms with Crippen LogP contribution in [0.1, 0.15) is 29.6 Å². The van der Waals surface area contributed by atoms with Crippen molar-refractivity contribution < 1.29 is 18.1 Å². The first-order valence-electron chi connectivity index (χ1n) is 8.55. The van der Waals surface area contributed by atoms with E-state index < -0.39 is 20.9 Å². The summed E-state index contributed by atoms with van der Waals surface area (Å²) in [6.45, 7) is 0.879. The van der Waals surface area contributed by atoms with Crippen LogP contribution in [0.5, 0.6) is 0 Å². The van der Waals surface area contributed by atoms with Gasteiger partial charge in [-0.25, -0.2) is 8.42 Å². The van der Waals surface area contributed by atoms with Crippen molar-refractivity contribution in [2.45, 2.75) is 24.2 Å². The second-order valence-corrected chi connectivity index (χ2v) is 8.10. The Morgan fingerprint density at radius 2 is 1.63 bits per heavy atom. The van der Waals surface area contributed by atoms with E-state index in [4.69, 9.17) is 0 Å². The summed E-state index contributed by atoms with van der Waals surface area (Å²) in [7, 11) is -3.76. The highest BCUT2D eigenvalue weighted by Gasteiger charge is 2.29. The van der Waals surface area contributed by atoms with Gasteiger partial charge in [-0.1, -0.05) is 30.7 Å². The third kappa shape index (κ3) is 3.99. The van der Waals surface area contributed by atoms with E-state index in [2.05, 4.69) is 5.32 Å². The molecule has 0 radical (unpaired) electrons. The van der Waals surface area contributed by atoms with E-state index in [0.717, 1.165) is 19.3 Å². The lowest BCUT2D eigenvalue weighted by Gasteiger charge is -2.26. The summed E-state index contributed by atoms with van der Waals surface area (Å²) >= 11 is 0. The van der Waals surface area contributed by atoms with Gasteiger partial charge in [0.15, 0.2) is 0 Å². The molecule has 1 aliphatic rings. The number of sulfonamides is 1. The lowest BCUT2D eigenvalue weighted by Crippen LogP contribution is -2.36. The summed E-state index contributed by atoms with van der Waals surface area (Å²) in [5.41, 5.74) is -0.370. The van der Waals surface area contributed by atoms with Crippen LogP contribution < -0.4 is 5.32 Å². The molecule has 0 bridgehead atoms. The minimum atomic E-state index is -3.76. The van der Waals surface area contributed by atoms with Crippen LogP contribution in [0.4, 0.5) is 11.4 Å². The summed E-state index contributed by atoms with van der Waals surface area (Å²) < 4.78 is 27.3. The van der Waals surface area contributed by atoms with Crippen molar-refractivity contribution in [3.63, 3.8) is 0 Å². The molecular weight excluding hydrogens is 370 g/mol. The van der Waals surface area contributed by atoms with Gasteiger partial charge in [0.1, 0.15) is 10.5 Å². The quantitative estimate of drug-likeness (QED) is 0.624. The number of hydrogen-bond donors (Lipinski definition) is 1. The van der Waals surface area contributed by atoms with Crippen LogP contribution in [-0.4, -0.2) is 36.6 Å². The zero-order valence-corrected chi connectivity index (χ0v) is 15.3. The number of piperidine rings is 1. The number of nitrogens with zero attached hydrogens (tertiary/aromatic N) is 2. The lowest BCUT2D eigenvalue weighted by molar-refractivity contribution is -0.385. The molecule has 1 saturated heterocycles. The van der Waals surface area contributed by atoms with Crippen molar-refractivity contribution in [1.29, 1.82) is 0 Å². The Kier molecular flexibility index (Phi) is 5.52. The van der Waals surface area contributed by atoms with Gasteiger partial charge in [0, 0.05) is 19.2 Å². The van der Waals surface area contributed by atoms with Gasteiger partial charge >= 0.3 is 0 Å². The number of nitrogens with one attached hydrogen (secondary N) is 1. The van der Waals surface area contributed by atoms with E-state index in [9.17, 15) is 23.3 Å². The Balaban J connectivity index is 1.93. The molecule has 0 unspecified atom stereocenters. The molecule has 1 heterocycles. The number of carbonyl (C=O) groups excluding carboxylic acids is 1. The van der Waals surface area contributed by atoms with Crippen molar-refractivity contribution in [3.05, 3.63) is 64.2 Å². The minimum Gasteiger partial charge on any atom is -0.321 e. The molecule has 2 aromatic carbocycles. The van der Waals surface area contributed by atoms with Gasteiger partial charge in [-0.15, -0.1) is 0 Å². The molecule has 0 spiro atoms. The zero-order chi connectivity index (χ0) is 19.4. The van der Waals surface area contributed by atoms with Gasteiger partial charge in [0.05, 0.1) is 10.6 Å². The molecule has 3 rings (SSSR count). The number of nitro groups is 1. The molecule has 0 saturated carbocycles. The standard InChI is InChI=1S/C18H19N3O5S/c22-18(14-8-2-4-10-16(14)21(23)24)19-15-9-3-5-11-17(15)27(25,26)20-12-6-1-7-13-20/h2-5,8-11H,1,6-7,12-13H2,(H,19,22). The summed E-state index contributed by atoms with van der Waals surface area (Å²) in [6, 6.07) is 11.6. The Morgan fingerprint density at radius 3 is 2.33 bits per heavy atom. The summed E-state index contributed by atoms with van der Waals surface area (Å²) in [5, 5.41) is 13.7. The molecule has 142 valence electrons. The molecule has 9 heteroatoms. The Hall–Kier alpha value is -2.78. The first-order chi connectivity index (χ1) is 12.9. The predicted octanol–water partition coefficient (Wildman–Crippen LogP) is 3.02. The number of anilines is 1. The van der Waals surface area contributed by atoms with Crippen LogP contribution in [0, 0.1) is 10.1 Å². The van der Waals surface area contributed by atoms with Gasteiger partial charge in [-0.3, -0.25) is 14.9 Å². The summed E-state index contributed by atoms with van der Waals surface area (Å²) in [5.74, 6) is -0.733. The second kappa shape index (κ2) is 7.85. The fraction of sp³-hybridized carbons (Fsp3) is 0.278. The molecule has 1 amide bonds. The van der Waals surface area contributed by atoms with Crippen molar-refractivity contribution >= 4 is 27.3 Å². The highest BCUT2D eigenvalue weighted by molar-refractivity contribution is 7.89. The largest absolute Gasteiger partial charge is 0.321 e. The zero-order valence-electron chi connectivity index (χ0n) is 14.5. The van der Waals surface area contributed by atoms with E-state index in [1.165, 1.54) is 40.7 Å². The molecule has 1 aliphatic heterocycles. The van der Waals surface area contributed by atoms with Crippen molar-refractivity contribution in [3.8, 4) is 0 Å². The number of carbonyl (C=O) groups is 1. The molecule has 8 nitrogen and oxygen atoms in total. The smallest absolute Gasteiger partial charge is 0.282 e. The van der Waals surface area contributed by atoms with Crippen LogP contribution >= 0.6 is 0 Å². The molecule has 2 aromatic rings. The molecule has 1 fully saturated rings. The van der Waals surface area contributed by atoms with Gasteiger partial charge in [-0.2, -0.15) is 4.31 Å². The maximum atomic E-state index is 13.0. The van der Waals surface area contributed by atoms with Crippen molar-refractivity contribution in [2.75, 3.05) is 18.4 Å². The third-order valence-electron chi connectivity index (χ3n) is 4.41. The van der Waals surface area contributed by atoms with E-state index >= 15 is 0 Å². The van der Waals surface area contributed by atoms with E-state index in [-0.39, 0.29) is 21.8 Å². The average Bonchev–Trinajstić information content (AvgIpc) is 2.69. The average molecular weight is 389 g/mol. The highest BCUT2D eigenvalue weighted by Crippen LogP contribution is 2.28. The molecule has 1 N–H and O–H groups in total. The van der Waals surface area contributed by atoms with Crippen LogP contribution in [-0.2, 0) is 10.0 Å². The minimum absolute atomic E-state index is 0.0150. The third-order valence-corrected chi connectivity index (χ3v) is 6.37. The summed E-state index contributed by atoms with van der Waals surface area (Å²) in [6.07, 6.45) is 2.58. The SMILES string of the molecule is O=C(Nc1ccccc1S(=O)(=O)N1CCCCC1)c1ccccc1[N+](=O)[O-]. The fourth-order valence-corrected chi connectivity index (χ4v) is 4.72. The summed E-state index contributed by atoms with van der Waals surface area (Å²) in [4.78, 5) is 23.0. The van der Waals surface area contributed by atoms with Crippen molar-refractivity contribution in [2.24, 2.45) is 0 Å². The molecule has 0 aliphatic carbocycles. The van der Waals surface area contributed by atoms with Crippen LogP contribution in [0.2, 0.25) is 0 Å². The van der Waals surface area contributed by atoms with Gasteiger partial charge in [-0.05, 0) is 31.0 Å². The van der Waals surface area contributed by atoms with Crippen LogP contribution in [0.25, 0.3) is 0 Å². The first-order valence-corrected chi connectivity index (χ1v) is 9.99. The van der Waals surface area contributed by atoms with E-state index in [0.29, 0.717) is 13.1 Å². The Morgan fingerprint density at radius 1 is 1.00 bits per heavy atom.